The zero-order chi connectivity index (χ0) is 14.8. The summed E-state index contributed by atoms with van der Waals surface area (Å²) >= 11 is 0. The highest BCUT2D eigenvalue weighted by molar-refractivity contribution is 5.95. The summed E-state index contributed by atoms with van der Waals surface area (Å²) in [4.78, 5) is 14.7. The lowest BCUT2D eigenvalue weighted by atomic mass is 10.0. The largest absolute Gasteiger partial charge is 0.333 e. The van der Waals surface area contributed by atoms with E-state index in [1.165, 1.54) is 5.56 Å². The Bertz CT molecular complexity index is 610. The van der Waals surface area contributed by atoms with E-state index in [1.54, 1.807) is 0 Å². The highest BCUT2D eigenvalue weighted by Crippen LogP contribution is 2.30. The van der Waals surface area contributed by atoms with Crippen LogP contribution in [0.1, 0.15) is 37.0 Å². The van der Waals surface area contributed by atoms with E-state index in [-0.39, 0.29) is 11.9 Å². The smallest absolute Gasteiger partial charge is 0.254 e. The normalized spacial score (nSPS) is 14.2. The second-order valence-corrected chi connectivity index (χ2v) is 5.98. The van der Waals surface area contributed by atoms with Crippen LogP contribution in [0.25, 0.3) is 11.1 Å². The molecule has 2 nitrogen and oxygen atoms in total. The third-order valence-electron chi connectivity index (χ3n) is 3.97. The number of carbonyl (C=O) groups is 1. The standard InChI is InChI=1S/C19H21NO/c1-14(2)20(18-12-13-18)19(21)17-10-8-16(9-11-17)15-6-4-3-5-7-15/h3-11,14,18H,12-13H2,1-2H3. The number of rotatable bonds is 4. The Balaban J connectivity index is 1.82. The zero-order valence-corrected chi connectivity index (χ0v) is 12.6. The van der Waals surface area contributed by atoms with Crippen LogP contribution in [0.2, 0.25) is 0 Å². The number of benzene rings is 2. The molecule has 2 aromatic carbocycles. The van der Waals surface area contributed by atoms with E-state index in [1.807, 2.05) is 47.4 Å². The molecule has 0 N–H and O–H groups in total. The van der Waals surface area contributed by atoms with E-state index in [4.69, 9.17) is 0 Å². The van der Waals surface area contributed by atoms with Crippen molar-refractivity contribution in [1.29, 1.82) is 0 Å². The third-order valence-corrected chi connectivity index (χ3v) is 3.97. The Labute approximate surface area is 126 Å². The molecule has 0 aromatic heterocycles. The summed E-state index contributed by atoms with van der Waals surface area (Å²) in [6.45, 7) is 4.18. The third kappa shape index (κ3) is 2.99. The molecule has 2 aromatic rings. The molecule has 1 aliphatic carbocycles. The van der Waals surface area contributed by atoms with Crippen molar-refractivity contribution in [1.82, 2.24) is 4.90 Å². The van der Waals surface area contributed by atoms with Gasteiger partial charge in [0.05, 0.1) is 0 Å². The van der Waals surface area contributed by atoms with Gasteiger partial charge in [-0.3, -0.25) is 4.79 Å². The zero-order valence-electron chi connectivity index (χ0n) is 12.6. The van der Waals surface area contributed by atoms with E-state index >= 15 is 0 Å². The maximum atomic E-state index is 12.6. The van der Waals surface area contributed by atoms with E-state index < -0.39 is 0 Å². The lowest BCUT2D eigenvalue weighted by Gasteiger charge is -2.26. The molecule has 0 atom stereocenters. The second kappa shape index (κ2) is 5.72. The van der Waals surface area contributed by atoms with Crippen LogP contribution in [-0.4, -0.2) is 22.9 Å². The predicted molar refractivity (Wildman–Crippen MR) is 86.2 cm³/mol. The molecule has 0 bridgehead atoms. The van der Waals surface area contributed by atoms with E-state index in [0.717, 1.165) is 24.0 Å². The fourth-order valence-corrected chi connectivity index (χ4v) is 2.76. The van der Waals surface area contributed by atoms with Gasteiger partial charge in [0.15, 0.2) is 0 Å². The van der Waals surface area contributed by atoms with Crippen LogP contribution in [0.3, 0.4) is 0 Å². The van der Waals surface area contributed by atoms with Crippen molar-refractivity contribution in [3.8, 4) is 11.1 Å². The summed E-state index contributed by atoms with van der Waals surface area (Å²) < 4.78 is 0. The molecule has 3 rings (SSSR count). The summed E-state index contributed by atoms with van der Waals surface area (Å²) in [6.07, 6.45) is 2.29. The van der Waals surface area contributed by atoms with Crippen LogP contribution < -0.4 is 0 Å². The first-order chi connectivity index (χ1) is 10.2. The van der Waals surface area contributed by atoms with Crippen LogP contribution in [0.4, 0.5) is 0 Å². The van der Waals surface area contributed by atoms with E-state index in [0.29, 0.717) is 6.04 Å². The number of hydrogen-bond donors (Lipinski definition) is 0. The molecule has 0 aliphatic heterocycles. The molecule has 21 heavy (non-hydrogen) atoms. The summed E-state index contributed by atoms with van der Waals surface area (Å²) in [5.41, 5.74) is 3.12. The Hall–Kier alpha value is -2.09. The molecule has 0 unspecified atom stereocenters. The van der Waals surface area contributed by atoms with Crippen molar-refractivity contribution in [2.45, 2.75) is 38.8 Å². The highest BCUT2D eigenvalue weighted by atomic mass is 16.2. The van der Waals surface area contributed by atoms with Crippen LogP contribution in [0.15, 0.2) is 54.6 Å². The maximum Gasteiger partial charge on any atom is 0.254 e. The topological polar surface area (TPSA) is 20.3 Å². The van der Waals surface area contributed by atoms with Gasteiger partial charge >= 0.3 is 0 Å². The van der Waals surface area contributed by atoms with E-state index in [9.17, 15) is 4.79 Å². The van der Waals surface area contributed by atoms with Gasteiger partial charge in [-0.2, -0.15) is 0 Å². The summed E-state index contributed by atoms with van der Waals surface area (Å²) in [5, 5.41) is 0. The molecule has 0 saturated heterocycles. The summed E-state index contributed by atoms with van der Waals surface area (Å²) in [5.74, 6) is 0.159. The summed E-state index contributed by atoms with van der Waals surface area (Å²) in [6, 6.07) is 18.9. The molecule has 1 fully saturated rings. The lowest BCUT2D eigenvalue weighted by molar-refractivity contribution is 0.0690. The highest BCUT2D eigenvalue weighted by Gasteiger charge is 2.34. The maximum absolute atomic E-state index is 12.6. The number of nitrogens with zero attached hydrogens (tertiary/aromatic N) is 1. The molecular weight excluding hydrogens is 258 g/mol. The Kier molecular flexibility index (Phi) is 3.78. The van der Waals surface area contributed by atoms with Crippen LogP contribution in [-0.2, 0) is 0 Å². The average molecular weight is 279 g/mol. The lowest BCUT2D eigenvalue weighted by Crippen LogP contribution is -2.38. The van der Waals surface area contributed by atoms with Crippen molar-refractivity contribution in [3.63, 3.8) is 0 Å². The van der Waals surface area contributed by atoms with Gasteiger partial charge in [0.25, 0.3) is 5.91 Å². The first-order valence-corrected chi connectivity index (χ1v) is 7.65. The number of carbonyl (C=O) groups excluding carboxylic acids is 1. The first-order valence-electron chi connectivity index (χ1n) is 7.65. The van der Waals surface area contributed by atoms with Crippen LogP contribution in [0, 0.1) is 0 Å². The van der Waals surface area contributed by atoms with Gasteiger partial charge in [-0.1, -0.05) is 42.5 Å². The molecule has 108 valence electrons. The van der Waals surface area contributed by atoms with Gasteiger partial charge in [0, 0.05) is 17.6 Å². The van der Waals surface area contributed by atoms with Gasteiger partial charge < -0.3 is 4.90 Å². The number of amides is 1. The van der Waals surface area contributed by atoms with Crippen molar-refractivity contribution in [2.75, 3.05) is 0 Å². The monoisotopic (exact) mass is 279 g/mol. The second-order valence-electron chi connectivity index (χ2n) is 5.98. The van der Waals surface area contributed by atoms with Gasteiger partial charge in [-0.05, 0) is 49.9 Å². The fourth-order valence-electron chi connectivity index (χ4n) is 2.76. The van der Waals surface area contributed by atoms with Crippen molar-refractivity contribution < 1.29 is 4.79 Å². The fraction of sp³-hybridized carbons (Fsp3) is 0.316. The van der Waals surface area contributed by atoms with E-state index in [2.05, 4.69) is 26.0 Å². The Morgan fingerprint density at radius 3 is 2.05 bits per heavy atom. The molecule has 1 saturated carbocycles. The molecule has 2 heteroatoms. The number of hydrogen-bond acceptors (Lipinski definition) is 1. The summed E-state index contributed by atoms with van der Waals surface area (Å²) in [7, 11) is 0. The van der Waals surface area contributed by atoms with Gasteiger partial charge in [0.1, 0.15) is 0 Å². The molecule has 1 aliphatic rings. The quantitative estimate of drug-likeness (QED) is 0.814. The molecule has 0 spiro atoms. The van der Waals surface area contributed by atoms with Crippen LogP contribution in [0.5, 0.6) is 0 Å². The first kappa shape index (κ1) is 13.9. The molecule has 0 heterocycles. The van der Waals surface area contributed by atoms with Gasteiger partial charge in [0.2, 0.25) is 0 Å². The minimum absolute atomic E-state index is 0.159. The van der Waals surface area contributed by atoms with Crippen molar-refractivity contribution >= 4 is 5.91 Å². The molecule has 0 radical (unpaired) electrons. The predicted octanol–water partition coefficient (Wildman–Crippen LogP) is 4.37. The van der Waals surface area contributed by atoms with Crippen molar-refractivity contribution in [2.24, 2.45) is 0 Å². The SMILES string of the molecule is CC(C)N(C(=O)c1ccc(-c2ccccc2)cc1)C1CC1. The molecule has 1 amide bonds. The Morgan fingerprint density at radius 1 is 0.952 bits per heavy atom. The van der Waals surface area contributed by atoms with Crippen molar-refractivity contribution in [3.05, 3.63) is 60.2 Å². The van der Waals surface area contributed by atoms with Gasteiger partial charge in [-0.15, -0.1) is 0 Å². The average Bonchev–Trinajstić information content (AvgIpc) is 3.33. The minimum Gasteiger partial charge on any atom is -0.333 e. The van der Waals surface area contributed by atoms with Crippen LogP contribution >= 0.6 is 0 Å². The van der Waals surface area contributed by atoms with Gasteiger partial charge in [-0.25, -0.2) is 0 Å². The molecular formula is C19H21NO. The minimum atomic E-state index is 0.159. The Morgan fingerprint density at radius 2 is 1.52 bits per heavy atom.